The molecule has 106 valence electrons. The monoisotopic (exact) mass is 269 g/mol. The highest BCUT2D eigenvalue weighted by molar-refractivity contribution is 5.87. The van der Waals surface area contributed by atoms with Crippen LogP contribution in [0.5, 0.6) is 0 Å². The second-order valence-corrected chi connectivity index (χ2v) is 5.60. The molecule has 0 aromatic heterocycles. The van der Waals surface area contributed by atoms with Crippen molar-refractivity contribution in [1.29, 1.82) is 0 Å². The number of hydroxylamine groups is 3. The average Bonchev–Trinajstić information content (AvgIpc) is 2.58. The molecular weight excluding hydrogens is 250 g/mol. The molecule has 0 spiro atoms. The Bertz CT molecular complexity index is 385. The predicted octanol–water partition coefficient (Wildman–Crippen LogP) is 0.492. The first-order valence-corrected chi connectivity index (χ1v) is 6.87. The van der Waals surface area contributed by atoms with Crippen LogP contribution in [0, 0.1) is 5.92 Å². The van der Waals surface area contributed by atoms with Crippen molar-refractivity contribution < 1.29 is 19.6 Å². The van der Waals surface area contributed by atoms with E-state index in [1.165, 1.54) is 11.3 Å². The Hall–Kier alpha value is -1.34. The van der Waals surface area contributed by atoms with Gasteiger partial charge in [-0.25, -0.2) is 15.3 Å². The molecule has 3 fully saturated rings. The lowest BCUT2D eigenvalue weighted by molar-refractivity contribution is -0.140. The van der Waals surface area contributed by atoms with Crippen molar-refractivity contribution in [2.45, 2.75) is 44.2 Å². The number of urea groups is 1. The van der Waals surface area contributed by atoms with Crippen LogP contribution in [0.25, 0.3) is 0 Å². The Morgan fingerprint density at radius 1 is 1.37 bits per heavy atom. The summed E-state index contributed by atoms with van der Waals surface area (Å²) in [5.41, 5.74) is 2.44. The van der Waals surface area contributed by atoms with E-state index in [2.05, 4.69) is 5.48 Å². The molecule has 2 atom stereocenters. The van der Waals surface area contributed by atoms with E-state index in [0.717, 1.165) is 17.9 Å². The van der Waals surface area contributed by atoms with E-state index >= 15 is 0 Å². The van der Waals surface area contributed by atoms with Gasteiger partial charge in [-0.1, -0.05) is 6.42 Å². The topological polar surface area (TPSA) is 82.1 Å². The van der Waals surface area contributed by atoms with Gasteiger partial charge >= 0.3 is 6.03 Å². The van der Waals surface area contributed by atoms with Gasteiger partial charge in [0.15, 0.2) is 0 Å². The van der Waals surface area contributed by atoms with E-state index in [0.29, 0.717) is 31.9 Å². The molecule has 2 unspecified atom stereocenters. The van der Waals surface area contributed by atoms with Crippen LogP contribution in [-0.2, 0) is 9.63 Å². The maximum Gasteiger partial charge on any atom is 0.344 e. The van der Waals surface area contributed by atoms with Gasteiger partial charge in [-0.2, -0.15) is 0 Å². The van der Waals surface area contributed by atoms with Crippen molar-refractivity contribution in [3.8, 4) is 0 Å². The van der Waals surface area contributed by atoms with Gasteiger partial charge in [-0.05, 0) is 31.6 Å². The van der Waals surface area contributed by atoms with Gasteiger partial charge < -0.3 is 4.90 Å². The summed E-state index contributed by atoms with van der Waals surface area (Å²) in [5.74, 6) is 0.263. The molecule has 3 aliphatic rings. The fraction of sp³-hybridized carbons (Fsp3) is 0.833. The van der Waals surface area contributed by atoms with Crippen LogP contribution in [0.15, 0.2) is 0 Å². The molecule has 2 heterocycles. The quantitative estimate of drug-likeness (QED) is 0.575. The molecule has 0 radical (unpaired) electrons. The third-order valence-electron chi connectivity index (χ3n) is 4.36. The van der Waals surface area contributed by atoms with Gasteiger partial charge in [0, 0.05) is 6.54 Å². The summed E-state index contributed by atoms with van der Waals surface area (Å²) >= 11 is 0. The van der Waals surface area contributed by atoms with E-state index in [1.807, 2.05) is 0 Å². The molecular formula is C12H19N3O4. The second kappa shape index (κ2) is 4.97. The van der Waals surface area contributed by atoms with Gasteiger partial charge in [0.05, 0.1) is 12.6 Å². The number of amides is 3. The summed E-state index contributed by atoms with van der Waals surface area (Å²) in [5, 5.41) is 10.3. The summed E-state index contributed by atoms with van der Waals surface area (Å²) in [6, 6.07) is -1.18. The fourth-order valence-electron chi connectivity index (χ4n) is 2.88. The normalized spacial score (nSPS) is 30.5. The molecule has 2 N–H and O–H groups in total. The van der Waals surface area contributed by atoms with Crippen LogP contribution in [0.4, 0.5) is 4.79 Å². The molecule has 0 aromatic carbocycles. The van der Waals surface area contributed by atoms with E-state index < -0.39 is 12.1 Å². The molecule has 3 rings (SSSR count). The molecule has 7 nitrogen and oxygen atoms in total. The van der Waals surface area contributed by atoms with Gasteiger partial charge in [-0.3, -0.25) is 14.8 Å². The van der Waals surface area contributed by atoms with Crippen LogP contribution < -0.4 is 5.48 Å². The third-order valence-corrected chi connectivity index (χ3v) is 4.36. The maximum atomic E-state index is 12.0. The largest absolute Gasteiger partial charge is 0.344 e. The van der Waals surface area contributed by atoms with Crippen molar-refractivity contribution in [3.05, 3.63) is 0 Å². The van der Waals surface area contributed by atoms with Crippen LogP contribution in [0.2, 0.25) is 0 Å². The maximum absolute atomic E-state index is 12.0. The van der Waals surface area contributed by atoms with Gasteiger partial charge in [0.2, 0.25) is 0 Å². The molecule has 2 saturated heterocycles. The lowest BCUT2D eigenvalue weighted by Gasteiger charge is -2.29. The SMILES string of the molecule is O=C(NOCC1CCC1)C1CCC2CN1C(=O)N2O. The zero-order valence-corrected chi connectivity index (χ0v) is 10.7. The van der Waals surface area contributed by atoms with Crippen LogP contribution >= 0.6 is 0 Å². The number of piperidine rings is 1. The zero-order valence-electron chi connectivity index (χ0n) is 10.7. The first-order valence-electron chi connectivity index (χ1n) is 6.87. The second-order valence-electron chi connectivity index (χ2n) is 5.60. The van der Waals surface area contributed by atoms with E-state index in [9.17, 15) is 14.8 Å². The molecule has 2 aliphatic heterocycles. The first kappa shape index (κ1) is 12.7. The standard InChI is InChI=1S/C12H19N3O4/c16-11(13-19-7-8-2-1-3-8)10-5-4-9-6-14(10)12(17)15(9)18/h8-10,18H,1-7H2,(H,13,16). The van der Waals surface area contributed by atoms with Gasteiger partial charge in [0.1, 0.15) is 6.04 Å². The number of nitrogens with zero attached hydrogens (tertiary/aromatic N) is 2. The molecule has 1 aliphatic carbocycles. The minimum atomic E-state index is -0.526. The number of carbonyl (C=O) groups excluding carboxylic acids is 2. The first-order chi connectivity index (χ1) is 9.16. The van der Waals surface area contributed by atoms with Crippen LogP contribution in [-0.4, -0.2) is 52.3 Å². The average molecular weight is 269 g/mol. The summed E-state index contributed by atoms with van der Waals surface area (Å²) in [4.78, 5) is 30.3. The van der Waals surface area contributed by atoms with E-state index in [1.54, 1.807) is 0 Å². The number of carbonyl (C=O) groups is 2. The van der Waals surface area contributed by atoms with Crippen molar-refractivity contribution in [1.82, 2.24) is 15.4 Å². The van der Waals surface area contributed by atoms with Gasteiger partial charge in [0.25, 0.3) is 5.91 Å². The summed E-state index contributed by atoms with van der Waals surface area (Å²) in [6.45, 7) is 0.956. The van der Waals surface area contributed by atoms with Crippen LogP contribution in [0.1, 0.15) is 32.1 Å². The smallest absolute Gasteiger partial charge is 0.309 e. The zero-order chi connectivity index (χ0) is 13.4. The number of rotatable bonds is 4. The van der Waals surface area contributed by atoms with Crippen molar-refractivity contribution >= 4 is 11.9 Å². The third kappa shape index (κ3) is 2.28. The fourth-order valence-corrected chi connectivity index (χ4v) is 2.88. The Balaban J connectivity index is 1.50. The van der Waals surface area contributed by atoms with E-state index in [4.69, 9.17) is 4.84 Å². The Kier molecular flexibility index (Phi) is 3.32. The van der Waals surface area contributed by atoms with Crippen molar-refractivity contribution in [3.63, 3.8) is 0 Å². The van der Waals surface area contributed by atoms with E-state index in [-0.39, 0.29) is 11.9 Å². The molecule has 2 bridgehead atoms. The number of hydrogen-bond acceptors (Lipinski definition) is 4. The Morgan fingerprint density at radius 2 is 2.16 bits per heavy atom. The summed E-state index contributed by atoms with van der Waals surface area (Å²) in [6.07, 6.45) is 4.75. The highest BCUT2D eigenvalue weighted by atomic mass is 16.7. The van der Waals surface area contributed by atoms with Crippen molar-refractivity contribution in [2.24, 2.45) is 5.92 Å². The number of nitrogens with one attached hydrogen (secondary N) is 1. The predicted molar refractivity (Wildman–Crippen MR) is 64.0 cm³/mol. The highest BCUT2D eigenvalue weighted by Crippen LogP contribution is 2.29. The lowest BCUT2D eigenvalue weighted by Crippen LogP contribution is -2.50. The number of hydrogen-bond donors (Lipinski definition) is 2. The number of fused-ring (bicyclic) bond motifs is 2. The summed E-state index contributed by atoms with van der Waals surface area (Å²) < 4.78 is 0. The highest BCUT2D eigenvalue weighted by Gasteiger charge is 2.46. The molecule has 19 heavy (non-hydrogen) atoms. The molecule has 0 aromatic rings. The van der Waals surface area contributed by atoms with Crippen molar-refractivity contribution in [2.75, 3.05) is 13.2 Å². The Labute approximate surface area is 111 Å². The molecule has 1 saturated carbocycles. The Morgan fingerprint density at radius 3 is 2.84 bits per heavy atom. The molecule has 7 heteroatoms. The molecule has 3 amide bonds. The summed E-state index contributed by atoms with van der Waals surface area (Å²) in [7, 11) is 0. The van der Waals surface area contributed by atoms with Gasteiger partial charge in [-0.15, -0.1) is 0 Å². The van der Waals surface area contributed by atoms with Crippen LogP contribution in [0.3, 0.4) is 0 Å². The minimum Gasteiger partial charge on any atom is -0.309 e. The minimum absolute atomic E-state index is 0.174. The lowest BCUT2D eigenvalue weighted by atomic mass is 9.86.